The first-order chi connectivity index (χ1) is 10.1. The van der Waals surface area contributed by atoms with Crippen LogP contribution in [-0.4, -0.2) is 61.9 Å². The first kappa shape index (κ1) is 16.7. The Hall–Kier alpha value is -0.650. The largest absolute Gasteiger partial charge is 0.465 e. The highest BCUT2D eigenvalue weighted by molar-refractivity contribution is 5.82. The van der Waals surface area contributed by atoms with Gasteiger partial charge < -0.3 is 14.8 Å². The van der Waals surface area contributed by atoms with Crippen LogP contribution in [0.25, 0.3) is 0 Å². The van der Waals surface area contributed by atoms with Crippen molar-refractivity contribution in [1.29, 1.82) is 0 Å². The summed E-state index contributed by atoms with van der Waals surface area (Å²) in [5.74, 6) is 0.336. The number of nitrogens with zero attached hydrogens (tertiary/aromatic N) is 1. The normalized spacial score (nSPS) is 26.9. The average molecular weight is 298 g/mol. The van der Waals surface area contributed by atoms with E-state index in [4.69, 9.17) is 9.47 Å². The summed E-state index contributed by atoms with van der Waals surface area (Å²) in [4.78, 5) is 15.0. The minimum absolute atomic E-state index is 0.0767. The van der Waals surface area contributed by atoms with Gasteiger partial charge in [-0.3, -0.25) is 4.90 Å². The van der Waals surface area contributed by atoms with E-state index in [1.807, 2.05) is 6.92 Å². The first-order valence-corrected chi connectivity index (χ1v) is 8.38. The monoisotopic (exact) mass is 298 g/mol. The Balaban J connectivity index is 2.11. The third-order valence-corrected chi connectivity index (χ3v) is 4.42. The maximum absolute atomic E-state index is 12.6. The molecule has 1 aliphatic carbocycles. The van der Waals surface area contributed by atoms with Gasteiger partial charge in [0.2, 0.25) is 0 Å². The molecule has 1 saturated heterocycles. The highest BCUT2D eigenvalue weighted by Gasteiger charge is 2.52. The lowest BCUT2D eigenvalue weighted by atomic mass is 9.91. The van der Waals surface area contributed by atoms with Gasteiger partial charge in [0, 0.05) is 26.2 Å². The molecule has 2 aliphatic rings. The molecule has 1 N–H and O–H groups in total. The van der Waals surface area contributed by atoms with Gasteiger partial charge in [0.25, 0.3) is 0 Å². The van der Waals surface area contributed by atoms with E-state index in [1.165, 1.54) is 0 Å². The van der Waals surface area contributed by atoms with Crippen LogP contribution in [0, 0.1) is 5.92 Å². The van der Waals surface area contributed by atoms with Crippen molar-refractivity contribution < 1.29 is 14.3 Å². The summed E-state index contributed by atoms with van der Waals surface area (Å²) in [5, 5.41) is 3.47. The maximum Gasteiger partial charge on any atom is 0.327 e. The van der Waals surface area contributed by atoms with Gasteiger partial charge in [0.15, 0.2) is 0 Å². The fourth-order valence-corrected chi connectivity index (χ4v) is 3.36. The van der Waals surface area contributed by atoms with E-state index in [9.17, 15) is 4.79 Å². The molecule has 0 aromatic rings. The van der Waals surface area contributed by atoms with Gasteiger partial charge >= 0.3 is 5.97 Å². The number of rotatable bonds is 7. The van der Waals surface area contributed by atoms with Crippen molar-refractivity contribution in [3.8, 4) is 0 Å². The molecule has 5 nitrogen and oxygen atoms in total. The summed E-state index contributed by atoms with van der Waals surface area (Å²) in [6, 6.07) is 0. The van der Waals surface area contributed by atoms with Crippen LogP contribution in [0.3, 0.4) is 0 Å². The summed E-state index contributed by atoms with van der Waals surface area (Å²) in [5.41, 5.74) is -0.533. The molecule has 2 atom stereocenters. The molecule has 2 rings (SSSR count). The van der Waals surface area contributed by atoms with Crippen LogP contribution in [-0.2, 0) is 14.3 Å². The molecule has 2 fully saturated rings. The van der Waals surface area contributed by atoms with Gasteiger partial charge in [-0.05, 0) is 45.6 Å². The zero-order chi connectivity index (χ0) is 15.3. The first-order valence-electron chi connectivity index (χ1n) is 8.38. The fraction of sp³-hybridized carbons (Fsp3) is 0.938. The zero-order valence-corrected chi connectivity index (χ0v) is 13.7. The maximum atomic E-state index is 12.6. The minimum atomic E-state index is -0.533. The predicted octanol–water partition coefficient (Wildman–Crippen LogP) is 1.42. The summed E-state index contributed by atoms with van der Waals surface area (Å²) >= 11 is 0. The van der Waals surface area contributed by atoms with Gasteiger partial charge in [-0.2, -0.15) is 0 Å². The van der Waals surface area contributed by atoms with E-state index in [2.05, 4.69) is 24.1 Å². The van der Waals surface area contributed by atoms with Crippen LogP contribution in [0.1, 0.15) is 40.0 Å². The van der Waals surface area contributed by atoms with Crippen molar-refractivity contribution in [2.45, 2.75) is 51.7 Å². The third kappa shape index (κ3) is 4.18. The van der Waals surface area contributed by atoms with E-state index in [1.54, 1.807) is 0 Å². The molecule has 5 heteroatoms. The van der Waals surface area contributed by atoms with Crippen molar-refractivity contribution in [2.24, 2.45) is 5.92 Å². The highest BCUT2D eigenvalue weighted by Crippen LogP contribution is 2.41. The Bertz CT molecular complexity index is 346. The van der Waals surface area contributed by atoms with E-state index in [0.29, 0.717) is 12.5 Å². The summed E-state index contributed by atoms with van der Waals surface area (Å²) in [6.45, 7) is 10.7. The fourth-order valence-electron chi connectivity index (χ4n) is 3.36. The van der Waals surface area contributed by atoms with Crippen LogP contribution >= 0.6 is 0 Å². The number of likely N-dealkylation sites (N-methyl/N-ethyl adjacent to an activating group) is 1. The van der Waals surface area contributed by atoms with Gasteiger partial charge in [-0.1, -0.05) is 6.92 Å². The zero-order valence-electron chi connectivity index (χ0n) is 13.7. The van der Waals surface area contributed by atoms with Gasteiger partial charge in [-0.15, -0.1) is 0 Å². The van der Waals surface area contributed by atoms with Crippen LogP contribution in [0.5, 0.6) is 0 Å². The molecule has 0 spiro atoms. The lowest BCUT2D eigenvalue weighted by Gasteiger charge is -2.37. The predicted molar refractivity (Wildman–Crippen MR) is 82.2 cm³/mol. The standard InChI is InChI=1S/C16H30N2O3/c1-4-17-16(14-7-8-14,15(19)20-5-2)12-18-9-6-10-21-13(3)11-18/h13-14,17H,4-12H2,1-3H3. The van der Waals surface area contributed by atoms with Gasteiger partial charge in [-0.25, -0.2) is 4.79 Å². The van der Waals surface area contributed by atoms with Gasteiger partial charge in [0.1, 0.15) is 5.54 Å². The summed E-state index contributed by atoms with van der Waals surface area (Å²) in [7, 11) is 0. The lowest BCUT2D eigenvalue weighted by Crippen LogP contribution is -2.61. The van der Waals surface area contributed by atoms with Crippen molar-refractivity contribution >= 4 is 5.97 Å². The van der Waals surface area contributed by atoms with Crippen LogP contribution in [0.15, 0.2) is 0 Å². The van der Waals surface area contributed by atoms with E-state index in [-0.39, 0.29) is 12.1 Å². The molecule has 1 aliphatic heterocycles. The minimum Gasteiger partial charge on any atom is -0.465 e. The second-order valence-electron chi connectivity index (χ2n) is 6.27. The summed E-state index contributed by atoms with van der Waals surface area (Å²) in [6.07, 6.45) is 3.49. The molecular weight excluding hydrogens is 268 g/mol. The van der Waals surface area contributed by atoms with Crippen molar-refractivity contribution in [3.05, 3.63) is 0 Å². The van der Waals surface area contributed by atoms with E-state index < -0.39 is 5.54 Å². The lowest BCUT2D eigenvalue weighted by molar-refractivity contribution is -0.153. The molecule has 0 bridgehead atoms. The third-order valence-electron chi connectivity index (χ3n) is 4.42. The smallest absolute Gasteiger partial charge is 0.327 e. The Morgan fingerprint density at radius 3 is 2.81 bits per heavy atom. The van der Waals surface area contributed by atoms with Crippen molar-refractivity contribution in [1.82, 2.24) is 10.2 Å². The van der Waals surface area contributed by atoms with Crippen molar-refractivity contribution in [3.63, 3.8) is 0 Å². The molecule has 0 aromatic carbocycles. The Morgan fingerprint density at radius 1 is 1.43 bits per heavy atom. The topological polar surface area (TPSA) is 50.8 Å². The average Bonchev–Trinajstić information content (AvgIpc) is 3.27. The molecular formula is C16H30N2O3. The quantitative estimate of drug-likeness (QED) is 0.720. The SMILES string of the molecule is CCNC(CN1CCCOC(C)C1)(C(=O)OCC)C1CC1. The van der Waals surface area contributed by atoms with Crippen LogP contribution < -0.4 is 5.32 Å². The van der Waals surface area contributed by atoms with E-state index in [0.717, 1.165) is 52.0 Å². The molecule has 0 amide bonds. The van der Waals surface area contributed by atoms with E-state index >= 15 is 0 Å². The van der Waals surface area contributed by atoms with Crippen LogP contribution in [0.2, 0.25) is 0 Å². The molecule has 21 heavy (non-hydrogen) atoms. The highest BCUT2D eigenvalue weighted by atomic mass is 16.5. The molecule has 1 heterocycles. The number of hydrogen-bond donors (Lipinski definition) is 1. The Kier molecular flexibility index (Phi) is 6.02. The molecule has 0 aromatic heterocycles. The number of carbonyl (C=O) groups excluding carboxylic acids is 1. The van der Waals surface area contributed by atoms with Gasteiger partial charge in [0.05, 0.1) is 12.7 Å². The Morgan fingerprint density at radius 2 is 2.19 bits per heavy atom. The second-order valence-corrected chi connectivity index (χ2v) is 6.27. The molecule has 122 valence electrons. The second kappa shape index (κ2) is 7.56. The Labute approximate surface area is 128 Å². The number of esters is 1. The number of nitrogens with one attached hydrogen (secondary N) is 1. The number of carbonyl (C=O) groups is 1. The molecule has 1 saturated carbocycles. The molecule has 2 unspecified atom stereocenters. The molecule has 0 radical (unpaired) electrons. The number of ether oxygens (including phenoxy) is 2. The summed E-state index contributed by atoms with van der Waals surface area (Å²) < 4.78 is 11.1. The van der Waals surface area contributed by atoms with Crippen molar-refractivity contribution in [2.75, 3.05) is 39.4 Å². The van der Waals surface area contributed by atoms with Crippen LogP contribution in [0.4, 0.5) is 0 Å². The number of hydrogen-bond acceptors (Lipinski definition) is 5.